The van der Waals surface area contributed by atoms with Crippen molar-refractivity contribution in [1.29, 1.82) is 0 Å². The molecule has 160 valence electrons. The highest BCUT2D eigenvalue weighted by Gasteiger charge is 2.35. The molecule has 31 heavy (non-hydrogen) atoms. The Morgan fingerprint density at radius 1 is 0.839 bits per heavy atom. The summed E-state index contributed by atoms with van der Waals surface area (Å²) in [7, 11) is 0. The summed E-state index contributed by atoms with van der Waals surface area (Å²) >= 11 is 1.66. The molecular weight excluding hydrogens is 406 g/mol. The summed E-state index contributed by atoms with van der Waals surface area (Å²) in [5.41, 5.74) is 0.208. The van der Waals surface area contributed by atoms with Crippen molar-refractivity contribution in [3.8, 4) is 11.5 Å². The minimum atomic E-state index is -0.535. The first kappa shape index (κ1) is 21.6. The molecule has 4 rings (SSSR count). The van der Waals surface area contributed by atoms with Crippen molar-refractivity contribution in [3.05, 3.63) is 84.4 Å². The highest BCUT2D eigenvalue weighted by molar-refractivity contribution is 7.99. The third-order valence-corrected chi connectivity index (χ3v) is 6.53. The summed E-state index contributed by atoms with van der Waals surface area (Å²) in [5.74, 6) is 1.78. The predicted molar refractivity (Wildman–Crippen MR) is 124 cm³/mol. The van der Waals surface area contributed by atoms with Gasteiger partial charge in [-0.25, -0.2) is 0 Å². The Morgan fingerprint density at radius 2 is 1.39 bits per heavy atom. The van der Waals surface area contributed by atoms with Crippen LogP contribution in [0.25, 0.3) is 0 Å². The van der Waals surface area contributed by atoms with Crippen LogP contribution in [0, 0.1) is 0 Å². The topological polar surface area (TPSA) is 38.8 Å². The van der Waals surface area contributed by atoms with Crippen LogP contribution in [-0.4, -0.2) is 42.5 Å². The van der Waals surface area contributed by atoms with E-state index in [2.05, 4.69) is 4.90 Å². The van der Waals surface area contributed by atoms with Crippen molar-refractivity contribution >= 4 is 17.5 Å². The molecule has 0 N–H and O–H groups in total. The van der Waals surface area contributed by atoms with Crippen molar-refractivity contribution in [2.24, 2.45) is 0 Å². The molecule has 1 saturated heterocycles. The monoisotopic (exact) mass is 433 g/mol. The summed E-state index contributed by atoms with van der Waals surface area (Å²) in [6.07, 6.45) is 0. The average Bonchev–Trinajstić information content (AvgIpc) is 2.82. The molecule has 1 heterocycles. The van der Waals surface area contributed by atoms with Gasteiger partial charge in [0.05, 0.1) is 18.8 Å². The molecule has 0 aromatic heterocycles. The Kier molecular flexibility index (Phi) is 6.76. The van der Waals surface area contributed by atoms with Crippen LogP contribution in [0.1, 0.15) is 24.2 Å². The second-order valence-electron chi connectivity index (χ2n) is 8.00. The predicted octanol–water partition coefficient (Wildman–Crippen LogP) is 5.92. The molecular formula is C26H27NO3S. The number of benzene rings is 3. The molecule has 0 radical (unpaired) electrons. The number of hydrogen-bond donors (Lipinski definition) is 0. The van der Waals surface area contributed by atoms with Crippen molar-refractivity contribution in [3.63, 3.8) is 0 Å². The second-order valence-corrected chi connectivity index (χ2v) is 9.15. The van der Waals surface area contributed by atoms with Crippen LogP contribution in [0.4, 0.5) is 0 Å². The summed E-state index contributed by atoms with van der Waals surface area (Å²) in [4.78, 5) is 17.5. The van der Waals surface area contributed by atoms with Crippen LogP contribution in [0.15, 0.2) is 88.7 Å². The first-order valence-corrected chi connectivity index (χ1v) is 11.3. The fraction of sp³-hybridized carbons (Fsp3) is 0.269. The number of morpholine rings is 1. The maximum atomic E-state index is 13.1. The Balaban J connectivity index is 1.38. The number of nitrogens with zero attached hydrogens (tertiary/aromatic N) is 1. The van der Waals surface area contributed by atoms with Crippen LogP contribution in [0.3, 0.4) is 0 Å². The van der Waals surface area contributed by atoms with Crippen molar-refractivity contribution in [2.45, 2.75) is 29.2 Å². The maximum Gasteiger partial charge on any atom is 0.182 e. The van der Waals surface area contributed by atoms with Gasteiger partial charge in [0, 0.05) is 28.4 Å². The molecule has 1 aliphatic rings. The smallest absolute Gasteiger partial charge is 0.182 e. The molecule has 3 aromatic carbocycles. The number of ether oxygens (including phenoxy) is 2. The van der Waals surface area contributed by atoms with E-state index in [1.54, 1.807) is 11.8 Å². The average molecular weight is 434 g/mol. The third-order valence-electron chi connectivity index (χ3n) is 5.51. The Labute approximate surface area is 188 Å². The van der Waals surface area contributed by atoms with Crippen LogP contribution in [0.5, 0.6) is 11.5 Å². The fourth-order valence-electron chi connectivity index (χ4n) is 3.63. The van der Waals surface area contributed by atoms with Gasteiger partial charge in [-0.2, -0.15) is 0 Å². The second kappa shape index (κ2) is 9.69. The number of rotatable bonds is 7. The minimum Gasteiger partial charge on any atom is -0.457 e. The lowest BCUT2D eigenvalue weighted by Gasteiger charge is -2.39. The van der Waals surface area contributed by atoms with Crippen molar-refractivity contribution in [1.82, 2.24) is 4.90 Å². The first-order valence-electron chi connectivity index (χ1n) is 10.5. The number of ketones is 1. The Bertz CT molecular complexity index is 995. The number of Topliss-reactive ketones (excluding diaryl/α,β-unsaturated/α-hetero) is 1. The Hall–Kier alpha value is -2.60. The number of para-hydroxylation sites is 1. The van der Waals surface area contributed by atoms with E-state index < -0.39 is 5.54 Å². The summed E-state index contributed by atoms with van der Waals surface area (Å²) in [5, 5.41) is 0. The highest BCUT2D eigenvalue weighted by atomic mass is 32.2. The molecule has 0 saturated carbocycles. The molecule has 1 fully saturated rings. The van der Waals surface area contributed by atoms with Gasteiger partial charge in [0.25, 0.3) is 0 Å². The molecule has 5 heteroatoms. The quantitative estimate of drug-likeness (QED) is 0.432. The van der Waals surface area contributed by atoms with Gasteiger partial charge < -0.3 is 9.47 Å². The Morgan fingerprint density at radius 3 is 2.00 bits per heavy atom. The summed E-state index contributed by atoms with van der Waals surface area (Å²) in [6, 6.07) is 25.7. The molecule has 0 spiro atoms. The maximum absolute atomic E-state index is 13.1. The lowest BCUT2D eigenvalue weighted by molar-refractivity contribution is -0.00430. The van der Waals surface area contributed by atoms with Crippen LogP contribution >= 0.6 is 11.8 Å². The van der Waals surface area contributed by atoms with Gasteiger partial charge in [0.1, 0.15) is 11.5 Å². The van der Waals surface area contributed by atoms with E-state index in [0.717, 1.165) is 39.9 Å². The molecule has 0 bridgehead atoms. The van der Waals surface area contributed by atoms with E-state index in [-0.39, 0.29) is 5.78 Å². The van der Waals surface area contributed by atoms with Gasteiger partial charge in [-0.15, -0.1) is 0 Å². The zero-order valence-corrected chi connectivity index (χ0v) is 18.7. The number of carbonyl (C=O) groups is 1. The molecule has 0 aliphatic carbocycles. The molecule has 4 nitrogen and oxygen atoms in total. The largest absolute Gasteiger partial charge is 0.457 e. The van der Waals surface area contributed by atoms with Gasteiger partial charge in [-0.1, -0.05) is 42.1 Å². The molecule has 1 aliphatic heterocycles. The molecule has 3 aromatic rings. The molecule has 0 unspecified atom stereocenters. The van der Waals surface area contributed by atoms with E-state index in [1.807, 2.05) is 92.7 Å². The number of carbonyl (C=O) groups excluding carboxylic acids is 1. The lowest BCUT2D eigenvalue weighted by atomic mass is 9.91. The van der Waals surface area contributed by atoms with Crippen LogP contribution < -0.4 is 4.74 Å². The van der Waals surface area contributed by atoms with Gasteiger partial charge in [-0.05, 0) is 62.4 Å². The standard InChI is InChI=1S/C26H27NO3S/c1-26(2,27-16-18-29-19-17-27)25(28)20-8-12-23(13-9-20)31-24-14-10-22(11-15-24)30-21-6-4-3-5-7-21/h3-15H,16-19H2,1-2H3. The van der Waals surface area contributed by atoms with Crippen molar-refractivity contribution in [2.75, 3.05) is 26.3 Å². The van der Waals surface area contributed by atoms with E-state index in [1.165, 1.54) is 0 Å². The van der Waals surface area contributed by atoms with E-state index >= 15 is 0 Å². The minimum absolute atomic E-state index is 0.147. The molecule has 0 atom stereocenters. The van der Waals surface area contributed by atoms with Gasteiger partial charge >= 0.3 is 0 Å². The van der Waals surface area contributed by atoms with Crippen LogP contribution in [0.2, 0.25) is 0 Å². The number of hydrogen-bond acceptors (Lipinski definition) is 5. The van der Waals surface area contributed by atoms with E-state index in [9.17, 15) is 4.79 Å². The van der Waals surface area contributed by atoms with E-state index in [4.69, 9.17) is 9.47 Å². The SMILES string of the molecule is CC(C)(C(=O)c1ccc(Sc2ccc(Oc3ccccc3)cc2)cc1)N1CCOCC1. The van der Waals surface area contributed by atoms with Gasteiger partial charge in [0.2, 0.25) is 0 Å². The summed E-state index contributed by atoms with van der Waals surface area (Å²) < 4.78 is 11.3. The van der Waals surface area contributed by atoms with Crippen molar-refractivity contribution < 1.29 is 14.3 Å². The lowest BCUT2D eigenvalue weighted by Crippen LogP contribution is -2.54. The van der Waals surface area contributed by atoms with Gasteiger partial charge in [0.15, 0.2) is 5.78 Å². The van der Waals surface area contributed by atoms with E-state index in [0.29, 0.717) is 13.2 Å². The highest BCUT2D eigenvalue weighted by Crippen LogP contribution is 2.31. The summed E-state index contributed by atoms with van der Waals surface area (Å²) in [6.45, 7) is 6.95. The van der Waals surface area contributed by atoms with Gasteiger partial charge in [-0.3, -0.25) is 9.69 Å². The normalized spacial score (nSPS) is 14.9. The fourth-order valence-corrected chi connectivity index (χ4v) is 4.45. The third kappa shape index (κ3) is 5.37. The molecule has 0 amide bonds. The van der Waals surface area contributed by atoms with Crippen LogP contribution in [-0.2, 0) is 4.74 Å². The zero-order chi connectivity index (χ0) is 21.7. The first-order chi connectivity index (χ1) is 15.0. The zero-order valence-electron chi connectivity index (χ0n) is 17.9.